The number of carboxylic acids is 1. The maximum Gasteiger partial charge on any atom is 0.490 e. The van der Waals surface area contributed by atoms with Crippen molar-refractivity contribution in [3.05, 3.63) is 28.2 Å². The van der Waals surface area contributed by atoms with Crippen LogP contribution in [-0.2, 0) is 4.79 Å². The van der Waals surface area contributed by atoms with Crippen molar-refractivity contribution in [1.82, 2.24) is 5.32 Å². The lowest BCUT2D eigenvalue weighted by Crippen LogP contribution is -2.41. The van der Waals surface area contributed by atoms with E-state index in [9.17, 15) is 31.9 Å². The van der Waals surface area contributed by atoms with Gasteiger partial charge in [0.1, 0.15) is 5.75 Å². The number of rotatable bonds is 4. The van der Waals surface area contributed by atoms with Gasteiger partial charge >= 0.3 is 12.1 Å². The number of hydrogen-bond acceptors (Lipinski definition) is 4. The first-order valence-electron chi connectivity index (χ1n) is 5.95. The minimum atomic E-state index is -5.08. The van der Waals surface area contributed by atoms with E-state index in [0.717, 1.165) is 0 Å². The summed E-state index contributed by atoms with van der Waals surface area (Å²) in [5.74, 6) is -6.97. The van der Waals surface area contributed by atoms with Crippen LogP contribution in [0.15, 0.2) is 22.7 Å². The Labute approximate surface area is 140 Å². The SMILES string of the molecule is NCC(F)(F)CNC(=O)c1cc(Br)ccc1O.O=C(O)C(F)(F)F. The second-order valence-corrected chi connectivity index (χ2v) is 5.12. The van der Waals surface area contributed by atoms with Crippen LogP contribution in [0.2, 0.25) is 0 Å². The predicted octanol–water partition coefficient (Wildman–Crippen LogP) is 2.11. The van der Waals surface area contributed by atoms with E-state index >= 15 is 0 Å². The molecule has 0 spiro atoms. The van der Waals surface area contributed by atoms with Crippen LogP contribution in [0.25, 0.3) is 0 Å². The minimum Gasteiger partial charge on any atom is -0.507 e. The molecule has 0 radical (unpaired) electrons. The molecule has 0 aliphatic carbocycles. The number of aliphatic carboxylic acids is 1. The molecule has 12 heteroatoms. The van der Waals surface area contributed by atoms with Gasteiger partial charge in [-0.3, -0.25) is 4.79 Å². The standard InChI is InChI=1S/C10H11BrF2N2O2.C2HF3O2/c11-6-1-2-8(16)7(3-6)9(17)15-5-10(12,13)4-14;3-2(4,5)1(6)7/h1-3,16H,4-5,14H2,(H,15,17);(H,6,7). The summed E-state index contributed by atoms with van der Waals surface area (Å²) in [6, 6.07) is 4.16. The Balaban J connectivity index is 0.000000640. The Kier molecular flexibility index (Phi) is 8.06. The van der Waals surface area contributed by atoms with Gasteiger partial charge in [0.05, 0.1) is 18.7 Å². The predicted molar refractivity (Wildman–Crippen MR) is 75.8 cm³/mol. The Hall–Kier alpha value is -1.95. The quantitative estimate of drug-likeness (QED) is 0.555. The number of phenols is 1. The zero-order chi connectivity index (χ0) is 19.1. The number of halogens is 6. The first-order valence-corrected chi connectivity index (χ1v) is 6.74. The third-order valence-electron chi connectivity index (χ3n) is 2.25. The van der Waals surface area contributed by atoms with Gasteiger partial charge in [0.15, 0.2) is 0 Å². The summed E-state index contributed by atoms with van der Waals surface area (Å²) in [5, 5.41) is 18.5. The monoisotopic (exact) mass is 422 g/mol. The maximum absolute atomic E-state index is 12.8. The summed E-state index contributed by atoms with van der Waals surface area (Å²) in [7, 11) is 0. The molecule has 6 nitrogen and oxygen atoms in total. The van der Waals surface area contributed by atoms with Crippen molar-refractivity contribution in [2.24, 2.45) is 5.73 Å². The Morgan fingerprint density at radius 1 is 1.21 bits per heavy atom. The van der Waals surface area contributed by atoms with Gasteiger partial charge < -0.3 is 21.3 Å². The van der Waals surface area contributed by atoms with Crippen molar-refractivity contribution in [3.63, 3.8) is 0 Å². The van der Waals surface area contributed by atoms with Crippen molar-refractivity contribution in [3.8, 4) is 5.75 Å². The van der Waals surface area contributed by atoms with Gasteiger partial charge in [0.2, 0.25) is 0 Å². The van der Waals surface area contributed by atoms with E-state index in [1.54, 1.807) is 0 Å². The molecule has 1 rings (SSSR count). The molecule has 1 aromatic rings. The molecule has 1 aromatic carbocycles. The van der Waals surface area contributed by atoms with Crippen LogP contribution in [0.4, 0.5) is 22.0 Å². The van der Waals surface area contributed by atoms with Gasteiger partial charge in [0.25, 0.3) is 11.8 Å². The molecule has 0 unspecified atom stereocenters. The van der Waals surface area contributed by atoms with E-state index in [4.69, 9.17) is 15.6 Å². The molecular weight excluding hydrogens is 411 g/mol. The first kappa shape index (κ1) is 22.1. The summed E-state index contributed by atoms with van der Waals surface area (Å²) in [6.45, 7) is -1.72. The molecule has 0 fully saturated rings. The van der Waals surface area contributed by atoms with E-state index < -0.39 is 37.1 Å². The van der Waals surface area contributed by atoms with Crippen molar-refractivity contribution < 1.29 is 41.8 Å². The first-order chi connectivity index (χ1) is 10.8. The van der Waals surface area contributed by atoms with Crippen molar-refractivity contribution in [2.45, 2.75) is 12.1 Å². The summed E-state index contributed by atoms with van der Waals surface area (Å²) in [6.07, 6.45) is -5.08. The van der Waals surface area contributed by atoms with E-state index in [0.29, 0.717) is 4.47 Å². The highest BCUT2D eigenvalue weighted by Crippen LogP contribution is 2.22. The van der Waals surface area contributed by atoms with Gasteiger partial charge in [-0.05, 0) is 18.2 Å². The number of nitrogens with two attached hydrogens (primary N) is 1. The van der Waals surface area contributed by atoms with E-state index in [2.05, 4.69) is 15.9 Å². The van der Waals surface area contributed by atoms with Crippen LogP contribution < -0.4 is 11.1 Å². The van der Waals surface area contributed by atoms with E-state index in [1.807, 2.05) is 5.32 Å². The number of carbonyl (C=O) groups excluding carboxylic acids is 1. The Morgan fingerprint density at radius 2 is 1.71 bits per heavy atom. The molecule has 1 amide bonds. The lowest BCUT2D eigenvalue weighted by Gasteiger charge is -2.14. The van der Waals surface area contributed by atoms with Crippen molar-refractivity contribution in [1.29, 1.82) is 0 Å². The fourth-order valence-electron chi connectivity index (χ4n) is 1.07. The number of benzene rings is 1. The van der Waals surface area contributed by atoms with Crippen LogP contribution in [0, 0.1) is 0 Å². The second kappa shape index (κ2) is 8.78. The third kappa shape index (κ3) is 8.06. The number of aromatic hydroxyl groups is 1. The van der Waals surface area contributed by atoms with Crippen LogP contribution >= 0.6 is 15.9 Å². The molecule has 0 saturated carbocycles. The summed E-state index contributed by atoms with van der Waals surface area (Å²) >= 11 is 3.11. The number of phenolic OH excluding ortho intramolecular Hbond substituents is 1. The lowest BCUT2D eigenvalue weighted by molar-refractivity contribution is -0.192. The normalized spacial score (nSPS) is 11.3. The van der Waals surface area contributed by atoms with Crippen LogP contribution in [0.1, 0.15) is 10.4 Å². The van der Waals surface area contributed by atoms with Gasteiger partial charge in [-0.15, -0.1) is 0 Å². The van der Waals surface area contributed by atoms with Gasteiger partial charge in [-0.2, -0.15) is 13.2 Å². The average Bonchev–Trinajstić information content (AvgIpc) is 2.47. The molecule has 0 aromatic heterocycles. The van der Waals surface area contributed by atoms with Gasteiger partial charge in [-0.25, -0.2) is 13.6 Å². The number of hydrogen-bond donors (Lipinski definition) is 4. The van der Waals surface area contributed by atoms with E-state index in [1.165, 1.54) is 18.2 Å². The van der Waals surface area contributed by atoms with E-state index in [-0.39, 0.29) is 11.3 Å². The molecule has 24 heavy (non-hydrogen) atoms. The topological polar surface area (TPSA) is 113 Å². The third-order valence-corrected chi connectivity index (χ3v) is 2.75. The van der Waals surface area contributed by atoms with Crippen LogP contribution in [0.3, 0.4) is 0 Å². The number of nitrogens with one attached hydrogen (secondary N) is 1. The molecule has 0 atom stereocenters. The highest BCUT2D eigenvalue weighted by molar-refractivity contribution is 9.10. The molecule has 0 aliphatic heterocycles. The molecule has 0 heterocycles. The van der Waals surface area contributed by atoms with Gasteiger partial charge in [0, 0.05) is 4.47 Å². The molecule has 5 N–H and O–H groups in total. The highest BCUT2D eigenvalue weighted by atomic mass is 79.9. The number of carbonyl (C=O) groups is 2. The zero-order valence-electron chi connectivity index (χ0n) is 11.7. The fraction of sp³-hybridized carbons (Fsp3) is 0.333. The summed E-state index contributed by atoms with van der Waals surface area (Å²) in [5.41, 5.74) is 4.75. The van der Waals surface area contributed by atoms with Crippen molar-refractivity contribution in [2.75, 3.05) is 13.1 Å². The molecule has 0 bridgehead atoms. The van der Waals surface area contributed by atoms with Crippen LogP contribution in [-0.4, -0.2) is 47.3 Å². The largest absolute Gasteiger partial charge is 0.507 e. The molecular formula is C12H12BrF5N2O4. The Bertz CT molecular complexity index is 595. The Morgan fingerprint density at radius 3 is 2.12 bits per heavy atom. The highest BCUT2D eigenvalue weighted by Gasteiger charge is 2.38. The smallest absolute Gasteiger partial charge is 0.490 e. The maximum atomic E-state index is 12.8. The van der Waals surface area contributed by atoms with Crippen LogP contribution in [0.5, 0.6) is 5.75 Å². The fourth-order valence-corrected chi connectivity index (χ4v) is 1.43. The summed E-state index contributed by atoms with van der Waals surface area (Å²) < 4.78 is 57.9. The average molecular weight is 423 g/mol. The minimum absolute atomic E-state index is 0.0767. The molecule has 136 valence electrons. The number of alkyl halides is 5. The summed E-state index contributed by atoms with van der Waals surface area (Å²) in [4.78, 5) is 20.4. The number of carboxylic acid groups (broad SMARTS) is 1. The van der Waals surface area contributed by atoms with Crippen molar-refractivity contribution >= 4 is 27.8 Å². The number of amides is 1. The molecule has 0 saturated heterocycles. The van der Waals surface area contributed by atoms with Gasteiger partial charge in [-0.1, -0.05) is 15.9 Å². The zero-order valence-corrected chi connectivity index (χ0v) is 13.3. The lowest BCUT2D eigenvalue weighted by atomic mass is 10.2. The molecule has 0 aliphatic rings. The second-order valence-electron chi connectivity index (χ2n) is 4.21.